The highest BCUT2D eigenvalue weighted by Gasteiger charge is 2.18. The van der Waals surface area contributed by atoms with Crippen LogP contribution in [0.4, 0.5) is 0 Å². The molecular formula is C21H19N3O2S. The standard InChI is InChI=1S/C21H19N3O2S/c1-14(2)20-24-23-17(25-20)13-27-21-22-18(15-9-5-3-6-10-15)19(26-21)16-11-7-4-8-12-16/h3-12,14H,13H2,1-2H3. The Morgan fingerprint density at radius 1 is 0.852 bits per heavy atom. The molecule has 6 heteroatoms. The first-order valence-electron chi connectivity index (χ1n) is 8.77. The molecule has 0 saturated heterocycles. The molecule has 0 fully saturated rings. The maximum absolute atomic E-state index is 6.09. The second kappa shape index (κ2) is 7.80. The van der Waals surface area contributed by atoms with Crippen LogP contribution in [0.3, 0.4) is 0 Å². The van der Waals surface area contributed by atoms with E-state index in [1.54, 1.807) is 0 Å². The number of thioether (sulfide) groups is 1. The lowest BCUT2D eigenvalue weighted by molar-refractivity contribution is 0.442. The smallest absolute Gasteiger partial charge is 0.257 e. The average Bonchev–Trinajstić information content (AvgIpc) is 3.35. The second-order valence-electron chi connectivity index (χ2n) is 6.37. The van der Waals surface area contributed by atoms with E-state index in [1.165, 1.54) is 11.8 Å². The fourth-order valence-corrected chi connectivity index (χ4v) is 3.28. The Labute approximate surface area is 161 Å². The highest BCUT2D eigenvalue weighted by Crippen LogP contribution is 2.36. The quantitative estimate of drug-likeness (QED) is 0.395. The van der Waals surface area contributed by atoms with Crippen molar-refractivity contribution in [2.75, 3.05) is 0 Å². The molecule has 0 bridgehead atoms. The lowest BCUT2D eigenvalue weighted by atomic mass is 10.1. The summed E-state index contributed by atoms with van der Waals surface area (Å²) in [7, 11) is 0. The molecule has 0 N–H and O–H groups in total. The number of hydrogen-bond donors (Lipinski definition) is 0. The second-order valence-corrected chi connectivity index (χ2v) is 7.29. The van der Waals surface area contributed by atoms with E-state index in [4.69, 9.17) is 13.8 Å². The average molecular weight is 377 g/mol. The molecule has 5 nitrogen and oxygen atoms in total. The van der Waals surface area contributed by atoms with Gasteiger partial charge >= 0.3 is 0 Å². The number of benzene rings is 2. The highest BCUT2D eigenvalue weighted by molar-refractivity contribution is 7.98. The first-order valence-corrected chi connectivity index (χ1v) is 9.76. The Bertz CT molecular complexity index is 953. The van der Waals surface area contributed by atoms with Crippen LogP contribution in [0.15, 0.2) is 74.7 Å². The SMILES string of the molecule is CC(C)c1nnc(CSc2nc(-c3ccccc3)c(-c3ccccc3)o2)o1. The van der Waals surface area contributed by atoms with Crippen molar-refractivity contribution in [3.63, 3.8) is 0 Å². The normalized spacial score (nSPS) is 11.2. The summed E-state index contributed by atoms with van der Waals surface area (Å²) in [5.41, 5.74) is 2.85. The molecule has 2 aromatic heterocycles. The molecule has 0 spiro atoms. The molecule has 0 aliphatic rings. The van der Waals surface area contributed by atoms with Gasteiger partial charge in [-0.1, -0.05) is 86.3 Å². The van der Waals surface area contributed by atoms with Gasteiger partial charge in [0.15, 0.2) is 5.76 Å². The number of rotatable bonds is 6. The third kappa shape index (κ3) is 3.95. The van der Waals surface area contributed by atoms with Gasteiger partial charge in [0, 0.05) is 17.0 Å². The maximum Gasteiger partial charge on any atom is 0.257 e. The minimum absolute atomic E-state index is 0.215. The Hall–Kier alpha value is -2.86. The molecule has 136 valence electrons. The zero-order valence-electron chi connectivity index (χ0n) is 15.1. The van der Waals surface area contributed by atoms with Crippen molar-refractivity contribution in [3.05, 3.63) is 72.4 Å². The zero-order chi connectivity index (χ0) is 18.6. The number of nitrogens with zero attached hydrogens (tertiary/aromatic N) is 3. The Morgan fingerprint density at radius 3 is 2.15 bits per heavy atom. The van der Waals surface area contributed by atoms with Crippen LogP contribution in [-0.4, -0.2) is 15.2 Å². The van der Waals surface area contributed by atoms with Crippen LogP contribution >= 0.6 is 11.8 Å². The van der Waals surface area contributed by atoms with Gasteiger partial charge in [0.1, 0.15) is 5.69 Å². The molecule has 0 amide bonds. The van der Waals surface area contributed by atoms with Crippen LogP contribution in [0.5, 0.6) is 0 Å². The van der Waals surface area contributed by atoms with Crippen molar-refractivity contribution in [2.45, 2.75) is 30.7 Å². The first-order chi connectivity index (χ1) is 13.2. The van der Waals surface area contributed by atoms with E-state index in [-0.39, 0.29) is 5.92 Å². The minimum Gasteiger partial charge on any atom is -0.431 e. The van der Waals surface area contributed by atoms with Gasteiger partial charge in [-0.25, -0.2) is 4.98 Å². The molecule has 0 saturated carbocycles. The molecule has 4 aromatic rings. The molecule has 0 unspecified atom stereocenters. The van der Waals surface area contributed by atoms with Crippen LogP contribution in [0, 0.1) is 0 Å². The summed E-state index contributed by atoms with van der Waals surface area (Å²) in [6.07, 6.45) is 0. The lowest BCUT2D eigenvalue weighted by Crippen LogP contribution is -1.85. The van der Waals surface area contributed by atoms with Crippen molar-refractivity contribution in [3.8, 4) is 22.6 Å². The summed E-state index contributed by atoms with van der Waals surface area (Å²) in [6.45, 7) is 4.05. The van der Waals surface area contributed by atoms with Crippen molar-refractivity contribution in [2.24, 2.45) is 0 Å². The Kier molecular flexibility index (Phi) is 5.07. The summed E-state index contributed by atoms with van der Waals surface area (Å²) in [4.78, 5) is 4.72. The molecular weight excluding hydrogens is 358 g/mol. The molecule has 0 radical (unpaired) electrons. The van der Waals surface area contributed by atoms with Gasteiger partial charge in [-0.3, -0.25) is 0 Å². The predicted octanol–water partition coefficient (Wildman–Crippen LogP) is 5.81. The van der Waals surface area contributed by atoms with Gasteiger partial charge < -0.3 is 8.83 Å². The summed E-state index contributed by atoms with van der Waals surface area (Å²) in [5, 5.41) is 8.74. The summed E-state index contributed by atoms with van der Waals surface area (Å²) in [6, 6.07) is 20.1. The van der Waals surface area contributed by atoms with Crippen molar-refractivity contribution in [1.82, 2.24) is 15.2 Å². The number of aromatic nitrogens is 3. The van der Waals surface area contributed by atoms with Crippen molar-refractivity contribution < 1.29 is 8.83 Å². The van der Waals surface area contributed by atoms with Crippen LogP contribution in [0.1, 0.15) is 31.5 Å². The molecule has 2 aromatic carbocycles. The summed E-state index contributed by atoms with van der Waals surface area (Å²) < 4.78 is 11.8. The molecule has 4 rings (SSSR count). The van der Waals surface area contributed by atoms with Gasteiger partial charge in [0.05, 0.1) is 5.75 Å². The van der Waals surface area contributed by atoms with Gasteiger partial charge in [0.25, 0.3) is 5.22 Å². The van der Waals surface area contributed by atoms with E-state index in [1.807, 2.05) is 74.5 Å². The van der Waals surface area contributed by atoms with E-state index in [0.29, 0.717) is 22.8 Å². The predicted molar refractivity (Wildman–Crippen MR) is 105 cm³/mol. The molecule has 27 heavy (non-hydrogen) atoms. The fraction of sp³-hybridized carbons (Fsp3) is 0.190. The topological polar surface area (TPSA) is 65.0 Å². The number of oxazole rings is 1. The summed E-state index contributed by atoms with van der Waals surface area (Å²) >= 11 is 1.45. The minimum atomic E-state index is 0.215. The van der Waals surface area contributed by atoms with Crippen LogP contribution in [0.2, 0.25) is 0 Å². The first kappa shape index (κ1) is 17.5. The van der Waals surface area contributed by atoms with E-state index in [0.717, 1.165) is 22.6 Å². The van der Waals surface area contributed by atoms with E-state index < -0.39 is 0 Å². The Balaban J connectivity index is 1.62. The largest absolute Gasteiger partial charge is 0.431 e. The van der Waals surface area contributed by atoms with Crippen molar-refractivity contribution >= 4 is 11.8 Å². The monoisotopic (exact) mass is 377 g/mol. The fourth-order valence-electron chi connectivity index (χ4n) is 2.62. The third-order valence-electron chi connectivity index (χ3n) is 3.99. The van der Waals surface area contributed by atoms with Crippen LogP contribution in [-0.2, 0) is 5.75 Å². The van der Waals surface area contributed by atoms with Gasteiger partial charge in [0.2, 0.25) is 11.8 Å². The Morgan fingerprint density at radius 2 is 1.52 bits per heavy atom. The maximum atomic E-state index is 6.09. The molecule has 0 aliphatic heterocycles. The van der Waals surface area contributed by atoms with Crippen LogP contribution in [0.25, 0.3) is 22.6 Å². The van der Waals surface area contributed by atoms with Crippen molar-refractivity contribution in [1.29, 1.82) is 0 Å². The number of hydrogen-bond acceptors (Lipinski definition) is 6. The molecule has 0 aliphatic carbocycles. The van der Waals surface area contributed by atoms with E-state index >= 15 is 0 Å². The van der Waals surface area contributed by atoms with E-state index in [9.17, 15) is 0 Å². The van der Waals surface area contributed by atoms with Gasteiger partial charge in [-0.15, -0.1) is 10.2 Å². The van der Waals surface area contributed by atoms with Crippen LogP contribution < -0.4 is 0 Å². The molecule has 2 heterocycles. The third-order valence-corrected chi connectivity index (χ3v) is 4.80. The zero-order valence-corrected chi connectivity index (χ0v) is 15.9. The molecule has 0 atom stereocenters. The highest BCUT2D eigenvalue weighted by atomic mass is 32.2. The lowest BCUT2D eigenvalue weighted by Gasteiger charge is -2.00. The van der Waals surface area contributed by atoms with Gasteiger partial charge in [-0.05, 0) is 0 Å². The van der Waals surface area contributed by atoms with E-state index in [2.05, 4.69) is 10.2 Å². The van der Waals surface area contributed by atoms with Gasteiger partial charge in [-0.2, -0.15) is 0 Å². The summed E-state index contributed by atoms with van der Waals surface area (Å²) in [5.74, 6) is 2.71.